The van der Waals surface area contributed by atoms with Crippen LogP contribution in [0.4, 0.5) is 0 Å². The molecule has 1 aromatic carbocycles. The van der Waals surface area contributed by atoms with Crippen LogP contribution in [0.25, 0.3) is 0 Å². The number of hydrogen-bond acceptors (Lipinski definition) is 5. The lowest BCUT2D eigenvalue weighted by molar-refractivity contribution is -0.127. The topological polar surface area (TPSA) is 117 Å². The van der Waals surface area contributed by atoms with Crippen LogP contribution in [0.3, 0.4) is 0 Å². The van der Waals surface area contributed by atoms with Crippen LogP contribution in [0.15, 0.2) is 58.2 Å². The molecule has 1 aromatic heterocycles. The Morgan fingerprint density at radius 3 is 2.23 bits per heavy atom. The summed E-state index contributed by atoms with van der Waals surface area (Å²) < 4.78 is 28.3. The Morgan fingerprint density at radius 1 is 0.967 bits per heavy atom. The molecule has 160 valence electrons. The number of hydrogen-bond donors (Lipinski definition) is 3. The van der Waals surface area contributed by atoms with E-state index < -0.39 is 15.9 Å². The summed E-state index contributed by atoms with van der Waals surface area (Å²) >= 11 is 3.29. The van der Waals surface area contributed by atoms with Gasteiger partial charge < -0.3 is 0 Å². The van der Waals surface area contributed by atoms with Crippen molar-refractivity contribution in [2.24, 2.45) is 11.8 Å². The number of carbonyl (C=O) groups excluding carboxylic acids is 2. The molecule has 0 bridgehead atoms. The van der Waals surface area contributed by atoms with E-state index in [1.54, 1.807) is 36.4 Å². The first-order valence-electron chi connectivity index (χ1n) is 9.60. The van der Waals surface area contributed by atoms with Crippen molar-refractivity contribution in [3.05, 3.63) is 58.8 Å². The smallest absolute Gasteiger partial charge is 0.269 e. The maximum atomic E-state index is 12.4. The molecule has 30 heavy (non-hydrogen) atoms. The lowest BCUT2D eigenvalue weighted by Gasteiger charge is -2.27. The number of rotatable bonds is 6. The quantitative estimate of drug-likeness (QED) is 0.532. The molecule has 1 saturated carbocycles. The number of sulfonamides is 1. The minimum absolute atomic E-state index is 0.172. The van der Waals surface area contributed by atoms with Gasteiger partial charge in [0.15, 0.2) is 0 Å². The summed E-state index contributed by atoms with van der Waals surface area (Å²) in [5.41, 5.74) is 5.30. The van der Waals surface area contributed by atoms with Gasteiger partial charge >= 0.3 is 0 Å². The van der Waals surface area contributed by atoms with Gasteiger partial charge in [-0.1, -0.05) is 15.9 Å². The Balaban J connectivity index is 1.41. The van der Waals surface area contributed by atoms with Gasteiger partial charge in [-0.05, 0) is 68.0 Å². The fraction of sp³-hybridized carbons (Fsp3) is 0.350. The van der Waals surface area contributed by atoms with Crippen molar-refractivity contribution < 1.29 is 18.0 Å². The largest absolute Gasteiger partial charge is 0.273 e. The monoisotopic (exact) mass is 494 g/mol. The Bertz CT molecular complexity index is 976. The Morgan fingerprint density at radius 2 is 1.60 bits per heavy atom. The minimum Gasteiger partial charge on any atom is -0.273 e. The molecule has 1 aliphatic carbocycles. The van der Waals surface area contributed by atoms with E-state index in [1.165, 1.54) is 12.4 Å². The molecule has 0 aliphatic heterocycles. The number of hydrazine groups is 1. The van der Waals surface area contributed by atoms with Crippen LogP contribution in [-0.2, 0) is 14.8 Å². The van der Waals surface area contributed by atoms with Crippen LogP contribution in [0.1, 0.15) is 36.0 Å². The van der Waals surface area contributed by atoms with Crippen LogP contribution in [0.2, 0.25) is 0 Å². The van der Waals surface area contributed by atoms with Crippen molar-refractivity contribution in [1.29, 1.82) is 0 Å². The van der Waals surface area contributed by atoms with Gasteiger partial charge in [0.2, 0.25) is 15.9 Å². The standard InChI is InChI=1S/C20H23BrN4O4S/c21-17-5-7-18(8-6-17)30(28,29)23-13-14-1-3-15(4-2-14)19(26)24-25-20(27)16-9-11-22-12-10-16/h5-12,14-15,23H,1-4,13H2,(H,24,26)(H,25,27). The molecule has 0 radical (unpaired) electrons. The molecule has 1 fully saturated rings. The van der Waals surface area contributed by atoms with Gasteiger partial charge in [-0.3, -0.25) is 25.4 Å². The van der Waals surface area contributed by atoms with Crippen molar-refractivity contribution in [1.82, 2.24) is 20.6 Å². The molecule has 10 heteroatoms. The highest BCUT2D eigenvalue weighted by atomic mass is 79.9. The van der Waals surface area contributed by atoms with E-state index in [1.807, 2.05) is 0 Å². The zero-order chi connectivity index (χ0) is 21.6. The first kappa shape index (κ1) is 22.4. The average Bonchev–Trinajstić information content (AvgIpc) is 2.77. The van der Waals surface area contributed by atoms with E-state index in [0.29, 0.717) is 24.9 Å². The second-order valence-electron chi connectivity index (χ2n) is 7.20. The Labute approximate surface area is 184 Å². The Kier molecular flexibility index (Phi) is 7.57. The highest BCUT2D eigenvalue weighted by Crippen LogP contribution is 2.28. The summed E-state index contributed by atoms with van der Waals surface area (Å²) in [5, 5.41) is 0. The first-order chi connectivity index (χ1) is 14.3. The molecule has 1 aliphatic rings. The van der Waals surface area contributed by atoms with Gasteiger partial charge in [-0.15, -0.1) is 0 Å². The predicted molar refractivity (Wildman–Crippen MR) is 115 cm³/mol. The summed E-state index contributed by atoms with van der Waals surface area (Å²) in [7, 11) is -3.55. The lowest BCUT2D eigenvalue weighted by atomic mass is 9.82. The highest BCUT2D eigenvalue weighted by molar-refractivity contribution is 9.10. The van der Waals surface area contributed by atoms with Crippen LogP contribution in [0.5, 0.6) is 0 Å². The van der Waals surface area contributed by atoms with Gasteiger partial charge in [0.25, 0.3) is 5.91 Å². The third-order valence-electron chi connectivity index (χ3n) is 5.15. The molecule has 1 heterocycles. The van der Waals surface area contributed by atoms with Crippen LogP contribution in [0, 0.1) is 11.8 Å². The predicted octanol–water partition coefficient (Wildman–Crippen LogP) is 2.39. The van der Waals surface area contributed by atoms with Gasteiger partial charge in [-0.2, -0.15) is 0 Å². The van der Waals surface area contributed by atoms with Crippen molar-refractivity contribution >= 4 is 37.8 Å². The average molecular weight is 495 g/mol. The number of amides is 2. The van der Waals surface area contributed by atoms with Crippen molar-refractivity contribution in [2.75, 3.05) is 6.54 Å². The van der Waals surface area contributed by atoms with E-state index in [4.69, 9.17) is 0 Å². The summed E-state index contributed by atoms with van der Waals surface area (Å²) in [6, 6.07) is 9.59. The SMILES string of the molecule is O=C(NNC(=O)C1CCC(CNS(=O)(=O)c2ccc(Br)cc2)CC1)c1ccncc1. The number of benzene rings is 1. The molecule has 2 amide bonds. The van der Waals surface area contributed by atoms with Crippen molar-refractivity contribution in [3.63, 3.8) is 0 Å². The van der Waals surface area contributed by atoms with Gasteiger partial charge in [-0.25, -0.2) is 13.1 Å². The third kappa shape index (κ3) is 6.10. The third-order valence-corrected chi connectivity index (χ3v) is 7.11. The number of pyridine rings is 1. The molecule has 8 nitrogen and oxygen atoms in total. The highest BCUT2D eigenvalue weighted by Gasteiger charge is 2.27. The number of nitrogens with one attached hydrogen (secondary N) is 3. The number of aromatic nitrogens is 1. The molecule has 3 N–H and O–H groups in total. The Hall–Kier alpha value is -2.30. The van der Waals surface area contributed by atoms with E-state index >= 15 is 0 Å². The molecule has 0 saturated heterocycles. The fourth-order valence-electron chi connectivity index (χ4n) is 3.35. The maximum Gasteiger partial charge on any atom is 0.269 e. The molecule has 2 aromatic rings. The van der Waals surface area contributed by atoms with Crippen molar-refractivity contribution in [3.8, 4) is 0 Å². The fourth-order valence-corrected chi connectivity index (χ4v) is 4.73. The molecular weight excluding hydrogens is 472 g/mol. The molecule has 0 spiro atoms. The summed E-state index contributed by atoms with van der Waals surface area (Å²) in [5.74, 6) is -0.666. The zero-order valence-corrected chi connectivity index (χ0v) is 18.6. The molecule has 0 atom stereocenters. The summed E-state index contributed by atoms with van der Waals surface area (Å²) in [6.45, 7) is 0.339. The van der Waals surface area contributed by atoms with Crippen molar-refractivity contribution in [2.45, 2.75) is 30.6 Å². The van der Waals surface area contributed by atoms with Crippen LogP contribution in [-0.4, -0.2) is 31.8 Å². The number of carbonyl (C=O) groups is 2. The molecule has 0 unspecified atom stereocenters. The summed E-state index contributed by atoms with van der Waals surface area (Å²) in [4.78, 5) is 28.4. The number of nitrogens with zero attached hydrogens (tertiary/aromatic N) is 1. The zero-order valence-electron chi connectivity index (χ0n) is 16.2. The lowest BCUT2D eigenvalue weighted by Crippen LogP contribution is -2.45. The molecular formula is C20H23BrN4O4S. The molecule has 3 rings (SSSR count). The summed E-state index contributed by atoms with van der Waals surface area (Å²) in [6.07, 6.45) is 5.76. The first-order valence-corrected chi connectivity index (χ1v) is 11.9. The minimum atomic E-state index is -3.55. The van der Waals surface area contributed by atoms with Crippen LogP contribution < -0.4 is 15.6 Å². The van der Waals surface area contributed by atoms with Gasteiger partial charge in [0, 0.05) is 34.9 Å². The maximum absolute atomic E-state index is 12.4. The van der Waals surface area contributed by atoms with Gasteiger partial charge in [0.1, 0.15) is 0 Å². The second-order valence-corrected chi connectivity index (χ2v) is 9.89. The van der Waals surface area contributed by atoms with E-state index in [0.717, 1.165) is 17.3 Å². The number of halogens is 1. The normalized spacial score (nSPS) is 19.1. The van der Waals surface area contributed by atoms with Gasteiger partial charge in [0.05, 0.1) is 4.90 Å². The van der Waals surface area contributed by atoms with E-state index in [2.05, 4.69) is 36.5 Å². The van der Waals surface area contributed by atoms with E-state index in [-0.39, 0.29) is 22.6 Å². The van der Waals surface area contributed by atoms with E-state index in [9.17, 15) is 18.0 Å². The van der Waals surface area contributed by atoms with Crippen LogP contribution >= 0.6 is 15.9 Å². The second kappa shape index (κ2) is 10.1.